The van der Waals surface area contributed by atoms with Crippen molar-refractivity contribution in [3.05, 3.63) is 0 Å². The molecule has 0 aromatic rings. The fourth-order valence-electron chi connectivity index (χ4n) is 1.37. The average molecular weight is 172 g/mol. The highest BCUT2D eigenvalue weighted by Gasteiger charge is 2.47. The Hall–Kier alpha value is -0.680. The maximum absolute atomic E-state index is 11.3. The molecule has 2 heterocycles. The van der Waals surface area contributed by atoms with Crippen molar-refractivity contribution in [2.45, 2.75) is 12.0 Å². The number of carbonyl (C=O) groups excluding carboxylic acids is 1. The maximum Gasteiger partial charge on any atom is 0.254 e. The van der Waals surface area contributed by atoms with Gasteiger partial charge < -0.3 is 15.4 Å². The molecule has 2 aliphatic heterocycles. The molecule has 0 aliphatic carbocycles. The zero-order chi connectivity index (χ0) is 7.90. The molecule has 4 nitrogen and oxygen atoms in total. The Morgan fingerprint density at radius 3 is 2.91 bits per heavy atom. The topological polar surface area (TPSA) is 50.4 Å². The number of ether oxygens (including phenoxy) is 1. The first-order chi connectivity index (χ1) is 5.23. The van der Waals surface area contributed by atoms with Crippen molar-refractivity contribution in [2.75, 3.05) is 13.2 Å². The van der Waals surface area contributed by atoms with Crippen LogP contribution in [0, 0.1) is 0 Å². The minimum absolute atomic E-state index is 0.0556. The SMILES string of the molecule is O=C1NC(=S)NC12CCOC2. The number of nitrogens with one attached hydrogen (secondary N) is 2. The fourth-order valence-corrected chi connectivity index (χ4v) is 1.66. The van der Waals surface area contributed by atoms with Gasteiger partial charge in [-0.1, -0.05) is 0 Å². The molecule has 2 aliphatic rings. The lowest BCUT2D eigenvalue weighted by Gasteiger charge is -2.16. The monoisotopic (exact) mass is 172 g/mol. The summed E-state index contributed by atoms with van der Waals surface area (Å²) in [7, 11) is 0. The van der Waals surface area contributed by atoms with Crippen LogP contribution < -0.4 is 10.6 Å². The first kappa shape index (κ1) is 7.00. The minimum atomic E-state index is -0.545. The molecule has 0 bridgehead atoms. The Bertz CT molecular complexity index is 223. The molecule has 0 radical (unpaired) electrons. The van der Waals surface area contributed by atoms with E-state index in [-0.39, 0.29) is 5.91 Å². The summed E-state index contributed by atoms with van der Waals surface area (Å²) >= 11 is 4.81. The van der Waals surface area contributed by atoms with E-state index in [1.807, 2.05) is 0 Å². The predicted molar refractivity (Wildman–Crippen MR) is 42.0 cm³/mol. The van der Waals surface area contributed by atoms with E-state index in [2.05, 4.69) is 10.6 Å². The van der Waals surface area contributed by atoms with Crippen molar-refractivity contribution in [1.82, 2.24) is 10.6 Å². The van der Waals surface area contributed by atoms with Crippen LogP contribution in [-0.2, 0) is 9.53 Å². The first-order valence-corrected chi connectivity index (χ1v) is 3.85. The van der Waals surface area contributed by atoms with Crippen LogP contribution in [0.1, 0.15) is 6.42 Å². The Morgan fingerprint density at radius 1 is 1.64 bits per heavy atom. The van der Waals surface area contributed by atoms with Gasteiger partial charge in [0.15, 0.2) is 5.11 Å². The van der Waals surface area contributed by atoms with E-state index in [0.29, 0.717) is 24.7 Å². The molecule has 0 saturated carbocycles. The molecule has 2 fully saturated rings. The number of carbonyl (C=O) groups is 1. The summed E-state index contributed by atoms with van der Waals surface area (Å²) in [6.45, 7) is 1.06. The smallest absolute Gasteiger partial charge is 0.254 e. The van der Waals surface area contributed by atoms with Crippen LogP contribution in [0.15, 0.2) is 0 Å². The van der Waals surface area contributed by atoms with Crippen LogP contribution in [0.2, 0.25) is 0 Å². The lowest BCUT2D eigenvalue weighted by molar-refractivity contribution is -0.123. The molecule has 60 valence electrons. The van der Waals surface area contributed by atoms with Crippen molar-refractivity contribution in [3.8, 4) is 0 Å². The van der Waals surface area contributed by atoms with E-state index in [1.165, 1.54) is 0 Å². The van der Waals surface area contributed by atoms with Gasteiger partial charge in [-0.2, -0.15) is 0 Å². The Kier molecular flexibility index (Phi) is 1.37. The molecule has 1 spiro atoms. The van der Waals surface area contributed by atoms with E-state index < -0.39 is 5.54 Å². The molecule has 5 heteroatoms. The van der Waals surface area contributed by atoms with Crippen LogP contribution in [0.4, 0.5) is 0 Å². The van der Waals surface area contributed by atoms with E-state index in [9.17, 15) is 4.79 Å². The van der Waals surface area contributed by atoms with Crippen molar-refractivity contribution in [3.63, 3.8) is 0 Å². The third kappa shape index (κ3) is 0.918. The van der Waals surface area contributed by atoms with Crippen LogP contribution in [-0.4, -0.2) is 29.8 Å². The number of hydrogen-bond donors (Lipinski definition) is 2. The van der Waals surface area contributed by atoms with Gasteiger partial charge in [-0.25, -0.2) is 0 Å². The van der Waals surface area contributed by atoms with Gasteiger partial charge in [-0.3, -0.25) is 4.79 Å². The molecule has 11 heavy (non-hydrogen) atoms. The van der Waals surface area contributed by atoms with Crippen molar-refractivity contribution >= 4 is 23.2 Å². The van der Waals surface area contributed by atoms with Gasteiger partial charge in [0.1, 0.15) is 5.54 Å². The van der Waals surface area contributed by atoms with Gasteiger partial charge in [0.2, 0.25) is 0 Å². The summed E-state index contributed by atoms with van der Waals surface area (Å²) in [6.07, 6.45) is 0.707. The lowest BCUT2D eigenvalue weighted by Crippen LogP contribution is -2.47. The molecule has 0 aromatic heterocycles. The zero-order valence-corrected chi connectivity index (χ0v) is 6.66. The summed E-state index contributed by atoms with van der Waals surface area (Å²) in [6, 6.07) is 0. The third-order valence-electron chi connectivity index (χ3n) is 2.04. The normalized spacial score (nSPS) is 36.0. The Balaban J connectivity index is 2.24. The number of rotatable bonds is 0. The fraction of sp³-hybridized carbons (Fsp3) is 0.667. The van der Waals surface area contributed by atoms with Gasteiger partial charge in [0, 0.05) is 13.0 Å². The van der Waals surface area contributed by atoms with E-state index >= 15 is 0 Å². The molecule has 2 saturated heterocycles. The summed E-state index contributed by atoms with van der Waals surface area (Å²) in [5.74, 6) is -0.0556. The van der Waals surface area contributed by atoms with Crippen LogP contribution in [0.25, 0.3) is 0 Å². The van der Waals surface area contributed by atoms with E-state index in [4.69, 9.17) is 17.0 Å². The van der Waals surface area contributed by atoms with Crippen molar-refractivity contribution < 1.29 is 9.53 Å². The first-order valence-electron chi connectivity index (χ1n) is 3.44. The highest BCUT2D eigenvalue weighted by molar-refractivity contribution is 7.80. The van der Waals surface area contributed by atoms with E-state index in [0.717, 1.165) is 0 Å². The maximum atomic E-state index is 11.3. The van der Waals surface area contributed by atoms with Gasteiger partial charge >= 0.3 is 0 Å². The number of amides is 1. The van der Waals surface area contributed by atoms with Gasteiger partial charge in [0.25, 0.3) is 5.91 Å². The van der Waals surface area contributed by atoms with E-state index in [1.54, 1.807) is 0 Å². The zero-order valence-electron chi connectivity index (χ0n) is 5.85. The van der Waals surface area contributed by atoms with Gasteiger partial charge in [0.05, 0.1) is 6.61 Å². The lowest BCUT2D eigenvalue weighted by atomic mass is 10.00. The second-order valence-electron chi connectivity index (χ2n) is 2.79. The quantitative estimate of drug-likeness (QED) is 0.467. The molecule has 0 aromatic carbocycles. The molecular weight excluding hydrogens is 164 g/mol. The minimum Gasteiger partial charge on any atom is -0.378 e. The molecule has 2 rings (SSSR count). The summed E-state index contributed by atoms with van der Waals surface area (Å²) < 4.78 is 5.12. The molecule has 1 unspecified atom stereocenters. The van der Waals surface area contributed by atoms with Crippen LogP contribution in [0.5, 0.6) is 0 Å². The van der Waals surface area contributed by atoms with Crippen molar-refractivity contribution in [2.24, 2.45) is 0 Å². The summed E-state index contributed by atoms with van der Waals surface area (Å²) in [5, 5.41) is 5.89. The molecule has 1 amide bonds. The number of thiocarbonyl (C=S) groups is 1. The van der Waals surface area contributed by atoms with Crippen LogP contribution in [0.3, 0.4) is 0 Å². The Morgan fingerprint density at radius 2 is 2.45 bits per heavy atom. The molecule has 1 atom stereocenters. The standard InChI is InChI=1S/C6H8N2O2S/c9-4-6(1-2-10-3-6)8-5(11)7-4/h1-3H2,(H2,7,8,9,11). The second-order valence-corrected chi connectivity index (χ2v) is 3.20. The summed E-state index contributed by atoms with van der Waals surface area (Å²) in [4.78, 5) is 11.3. The average Bonchev–Trinajstić information content (AvgIpc) is 2.45. The van der Waals surface area contributed by atoms with Gasteiger partial charge in [-0.05, 0) is 12.2 Å². The highest BCUT2D eigenvalue weighted by atomic mass is 32.1. The molecule has 2 N–H and O–H groups in total. The predicted octanol–water partition coefficient (Wildman–Crippen LogP) is -0.850. The highest BCUT2D eigenvalue weighted by Crippen LogP contribution is 2.21. The third-order valence-corrected chi connectivity index (χ3v) is 2.24. The largest absolute Gasteiger partial charge is 0.378 e. The van der Waals surface area contributed by atoms with Crippen LogP contribution >= 0.6 is 12.2 Å². The second kappa shape index (κ2) is 2.15. The molecular formula is C6H8N2O2S. The number of hydrogen-bond acceptors (Lipinski definition) is 3. The van der Waals surface area contributed by atoms with Crippen molar-refractivity contribution in [1.29, 1.82) is 0 Å². The Labute approximate surface area is 69.3 Å². The summed E-state index contributed by atoms with van der Waals surface area (Å²) in [5.41, 5.74) is -0.545. The van der Waals surface area contributed by atoms with Gasteiger partial charge in [-0.15, -0.1) is 0 Å².